The van der Waals surface area contributed by atoms with Crippen LogP contribution < -0.4 is 14.8 Å². The molecule has 1 aromatic carbocycles. The molecule has 1 aromatic heterocycles. The second-order valence-corrected chi connectivity index (χ2v) is 5.01. The van der Waals surface area contributed by atoms with Crippen molar-refractivity contribution in [1.82, 2.24) is 10.5 Å². The molecule has 0 saturated heterocycles. The number of nitrogens with zero attached hydrogens (tertiary/aromatic N) is 2. The molecule has 1 N–H and O–H groups in total. The Labute approximate surface area is 136 Å². The van der Waals surface area contributed by atoms with Gasteiger partial charge in [0.1, 0.15) is 0 Å². The Hall–Kier alpha value is -3.36. The Balaban J connectivity index is 1.71. The van der Waals surface area contributed by atoms with Crippen LogP contribution in [0.15, 0.2) is 28.8 Å². The fourth-order valence-corrected chi connectivity index (χ4v) is 2.14. The summed E-state index contributed by atoms with van der Waals surface area (Å²) in [6.07, 6.45) is 2.55. The summed E-state index contributed by atoms with van der Waals surface area (Å²) in [5, 5.41) is 17.4. The second kappa shape index (κ2) is 6.41. The molecule has 9 heteroatoms. The zero-order valence-corrected chi connectivity index (χ0v) is 12.6. The maximum atomic E-state index is 11.8. The molecule has 24 heavy (non-hydrogen) atoms. The molecule has 1 aliphatic heterocycles. The highest BCUT2D eigenvalue weighted by atomic mass is 16.7. The third-order valence-electron chi connectivity index (χ3n) is 3.25. The minimum Gasteiger partial charge on any atom is -0.454 e. The number of amides is 1. The standard InChI is InChI=1S/C15H13N3O6/c1-9-4-11(24-17-9)7-16-15(19)3-2-10-5-13-14(23-8-22-13)6-12(10)18(20)21/h2-6H,7-8H2,1H3,(H,16,19)/b3-2-. The lowest BCUT2D eigenvalue weighted by Crippen LogP contribution is -2.19. The molecule has 0 atom stereocenters. The lowest BCUT2D eigenvalue weighted by molar-refractivity contribution is -0.385. The van der Waals surface area contributed by atoms with Gasteiger partial charge in [0, 0.05) is 12.1 Å². The number of nitro groups is 1. The number of rotatable bonds is 5. The average molecular weight is 331 g/mol. The van der Waals surface area contributed by atoms with Crippen LogP contribution in [0.5, 0.6) is 11.5 Å². The first kappa shape index (κ1) is 15.5. The number of aromatic nitrogens is 1. The van der Waals surface area contributed by atoms with Crippen LogP contribution in [0, 0.1) is 17.0 Å². The molecule has 1 aliphatic rings. The Morgan fingerprint density at radius 3 is 2.79 bits per heavy atom. The van der Waals surface area contributed by atoms with Crippen molar-refractivity contribution in [2.45, 2.75) is 13.5 Å². The quantitative estimate of drug-likeness (QED) is 0.505. The van der Waals surface area contributed by atoms with Gasteiger partial charge in [0.25, 0.3) is 5.69 Å². The fourth-order valence-electron chi connectivity index (χ4n) is 2.14. The zero-order valence-electron chi connectivity index (χ0n) is 12.6. The van der Waals surface area contributed by atoms with Crippen molar-refractivity contribution in [2.24, 2.45) is 0 Å². The van der Waals surface area contributed by atoms with Gasteiger partial charge in [0.15, 0.2) is 17.3 Å². The molecule has 0 unspecified atom stereocenters. The molecule has 2 heterocycles. The Bertz CT molecular complexity index is 827. The lowest BCUT2D eigenvalue weighted by Gasteiger charge is -2.01. The highest BCUT2D eigenvalue weighted by Gasteiger charge is 2.22. The van der Waals surface area contributed by atoms with Gasteiger partial charge in [-0.15, -0.1) is 0 Å². The molecule has 2 aromatic rings. The largest absolute Gasteiger partial charge is 0.454 e. The Morgan fingerprint density at radius 1 is 1.38 bits per heavy atom. The van der Waals surface area contributed by atoms with Gasteiger partial charge in [0.2, 0.25) is 12.7 Å². The normalized spacial score (nSPS) is 12.5. The van der Waals surface area contributed by atoms with E-state index >= 15 is 0 Å². The van der Waals surface area contributed by atoms with Crippen molar-refractivity contribution >= 4 is 17.7 Å². The van der Waals surface area contributed by atoms with E-state index < -0.39 is 10.8 Å². The van der Waals surface area contributed by atoms with Gasteiger partial charge in [-0.3, -0.25) is 14.9 Å². The SMILES string of the molecule is Cc1cc(CNC(=O)/C=C\c2cc3c(cc2[N+](=O)[O-])OCO3)on1. The van der Waals surface area contributed by atoms with E-state index in [0.717, 1.165) is 0 Å². The van der Waals surface area contributed by atoms with Crippen LogP contribution >= 0.6 is 0 Å². The number of benzene rings is 1. The minimum absolute atomic E-state index is 0.0107. The van der Waals surface area contributed by atoms with Crippen molar-refractivity contribution in [2.75, 3.05) is 6.79 Å². The van der Waals surface area contributed by atoms with Crippen molar-refractivity contribution in [3.63, 3.8) is 0 Å². The van der Waals surface area contributed by atoms with Gasteiger partial charge in [-0.2, -0.15) is 0 Å². The third kappa shape index (κ3) is 3.35. The molecule has 3 rings (SSSR count). The summed E-state index contributed by atoms with van der Waals surface area (Å²) in [5.74, 6) is 0.807. The monoisotopic (exact) mass is 331 g/mol. The van der Waals surface area contributed by atoms with Crippen molar-refractivity contribution in [3.8, 4) is 11.5 Å². The number of carbonyl (C=O) groups is 1. The predicted molar refractivity (Wildman–Crippen MR) is 81.3 cm³/mol. The Kier molecular flexibility index (Phi) is 4.15. The van der Waals surface area contributed by atoms with Crippen LogP contribution in [-0.2, 0) is 11.3 Å². The van der Waals surface area contributed by atoms with E-state index in [9.17, 15) is 14.9 Å². The number of hydrogen-bond acceptors (Lipinski definition) is 7. The molecule has 0 saturated carbocycles. The van der Waals surface area contributed by atoms with Crippen molar-refractivity contribution in [1.29, 1.82) is 0 Å². The van der Waals surface area contributed by atoms with Gasteiger partial charge in [-0.05, 0) is 19.1 Å². The molecule has 0 spiro atoms. The molecule has 0 radical (unpaired) electrons. The lowest BCUT2D eigenvalue weighted by atomic mass is 10.1. The minimum atomic E-state index is -0.545. The molecule has 0 bridgehead atoms. The molecule has 0 fully saturated rings. The van der Waals surface area contributed by atoms with E-state index in [1.165, 1.54) is 24.3 Å². The number of hydrogen-bond donors (Lipinski definition) is 1. The van der Waals surface area contributed by atoms with E-state index in [0.29, 0.717) is 23.0 Å². The van der Waals surface area contributed by atoms with Crippen molar-refractivity contribution in [3.05, 3.63) is 51.4 Å². The van der Waals surface area contributed by atoms with Gasteiger partial charge in [0.05, 0.1) is 28.8 Å². The number of nitrogens with one attached hydrogen (secondary N) is 1. The molecule has 1 amide bonds. The van der Waals surface area contributed by atoms with Gasteiger partial charge in [-0.1, -0.05) is 5.16 Å². The van der Waals surface area contributed by atoms with Crippen molar-refractivity contribution < 1.29 is 23.7 Å². The van der Waals surface area contributed by atoms with E-state index in [4.69, 9.17) is 14.0 Å². The van der Waals surface area contributed by atoms with E-state index in [1.807, 2.05) is 0 Å². The highest BCUT2D eigenvalue weighted by molar-refractivity contribution is 5.92. The first-order valence-corrected chi connectivity index (χ1v) is 6.99. The summed E-state index contributed by atoms with van der Waals surface area (Å²) in [7, 11) is 0. The van der Waals surface area contributed by atoms with Gasteiger partial charge in [-0.25, -0.2) is 0 Å². The average Bonchev–Trinajstić information content (AvgIpc) is 3.17. The smallest absolute Gasteiger partial charge is 0.280 e. The van der Waals surface area contributed by atoms with Crippen LogP contribution in [0.1, 0.15) is 17.0 Å². The van der Waals surface area contributed by atoms with Gasteiger partial charge < -0.3 is 19.3 Å². The molecule has 9 nitrogen and oxygen atoms in total. The number of carbonyl (C=O) groups excluding carboxylic acids is 1. The second-order valence-electron chi connectivity index (χ2n) is 5.01. The molecular weight excluding hydrogens is 318 g/mol. The van der Waals surface area contributed by atoms with Crippen LogP contribution in [0.3, 0.4) is 0 Å². The van der Waals surface area contributed by atoms with Gasteiger partial charge >= 0.3 is 0 Å². The molecule has 124 valence electrons. The Morgan fingerprint density at radius 2 is 2.12 bits per heavy atom. The summed E-state index contributed by atoms with van der Waals surface area (Å²) >= 11 is 0. The van der Waals surface area contributed by atoms with E-state index in [-0.39, 0.29) is 24.6 Å². The number of fused-ring (bicyclic) bond motifs is 1. The summed E-state index contributed by atoms with van der Waals surface area (Å²) < 4.78 is 15.3. The van der Waals surface area contributed by atoms with Crippen LogP contribution in [0.4, 0.5) is 5.69 Å². The predicted octanol–water partition coefficient (Wildman–Crippen LogP) is 1.95. The van der Waals surface area contributed by atoms with E-state index in [2.05, 4.69) is 10.5 Å². The first-order valence-electron chi connectivity index (χ1n) is 6.99. The maximum Gasteiger partial charge on any atom is 0.280 e. The maximum absolute atomic E-state index is 11.8. The molecular formula is C15H13N3O6. The number of aryl methyl sites for hydroxylation is 1. The number of ether oxygens (including phenoxy) is 2. The van der Waals surface area contributed by atoms with Crippen LogP contribution in [0.25, 0.3) is 6.08 Å². The molecule has 0 aliphatic carbocycles. The summed E-state index contributed by atoms with van der Waals surface area (Å²) in [6.45, 7) is 1.96. The summed E-state index contributed by atoms with van der Waals surface area (Å²) in [5.41, 5.74) is 0.787. The van der Waals surface area contributed by atoms with Crippen LogP contribution in [0.2, 0.25) is 0 Å². The number of nitro benzene ring substituents is 1. The fraction of sp³-hybridized carbons (Fsp3) is 0.200. The topological polar surface area (TPSA) is 117 Å². The summed E-state index contributed by atoms with van der Waals surface area (Å²) in [6, 6.07) is 4.44. The third-order valence-corrected chi connectivity index (χ3v) is 3.25. The van der Waals surface area contributed by atoms with E-state index in [1.54, 1.807) is 13.0 Å². The highest BCUT2D eigenvalue weighted by Crippen LogP contribution is 2.38. The van der Waals surface area contributed by atoms with Crippen LogP contribution in [-0.4, -0.2) is 22.8 Å². The first-order chi connectivity index (χ1) is 11.5. The summed E-state index contributed by atoms with van der Waals surface area (Å²) in [4.78, 5) is 22.4. The zero-order chi connectivity index (χ0) is 17.1.